The Morgan fingerprint density at radius 2 is 1.78 bits per heavy atom. The molecule has 0 saturated carbocycles. The van der Waals surface area contributed by atoms with Crippen LogP contribution in [0.25, 0.3) is 11.0 Å². The molecular formula is C31H39NO5. The van der Waals surface area contributed by atoms with Crippen LogP contribution in [0, 0.1) is 19.8 Å². The molecule has 3 aromatic rings. The Balaban J connectivity index is 1.84. The number of fused-ring (bicyclic) bond motifs is 2. The van der Waals surface area contributed by atoms with Gasteiger partial charge in [0.25, 0.3) is 5.91 Å². The quantitative estimate of drug-likeness (QED) is 0.263. The highest BCUT2D eigenvalue weighted by molar-refractivity contribution is 5.99. The predicted octanol–water partition coefficient (Wildman–Crippen LogP) is 6.97. The number of hydrogen-bond donors (Lipinski definition) is 0. The molecule has 0 N–H and O–H groups in total. The van der Waals surface area contributed by atoms with Crippen LogP contribution in [0.2, 0.25) is 0 Å². The van der Waals surface area contributed by atoms with E-state index in [-0.39, 0.29) is 17.1 Å². The summed E-state index contributed by atoms with van der Waals surface area (Å²) in [5, 5.41) is 0.517. The minimum atomic E-state index is -0.537. The number of unbranched alkanes of at least 4 members (excludes halogenated alkanes) is 2. The lowest BCUT2D eigenvalue weighted by Crippen LogP contribution is -2.30. The molecule has 0 radical (unpaired) electrons. The fourth-order valence-electron chi connectivity index (χ4n) is 5.07. The molecule has 2 aromatic carbocycles. The maximum atomic E-state index is 13.9. The number of carbonyl (C=O) groups is 1. The van der Waals surface area contributed by atoms with Crippen molar-refractivity contribution in [1.29, 1.82) is 0 Å². The van der Waals surface area contributed by atoms with Gasteiger partial charge in [-0.3, -0.25) is 9.59 Å². The first kappa shape index (κ1) is 26.8. The van der Waals surface area contributed by atoms with Gasteiger partial charge in [-0.1, -0.05) is 45.7 Å². The minimum absolute atomic E-state index is 0.144. The van der Waals surface area contributed by atoms with Crippen LogP contribution in [0.4, 0.5) is 0 Å². The lowest BCUT2D eigenvalue weighted by molar-refractivity contribution is 0.0724. The van der Waals surface area contributed by atoms with E-state index in [9.17, 15) is 9.59 Å². The van der Waals surface area contributed by atoms with E-state index in [1.807, 2.05) is 51.1 Å². The second-order valence-corrected chi connectivity index (χ2v) is 10.4. The number of aryl methyl sites for hydroxylation is 2. The van der Waals surface area contributed by atoms with Crippen molar-refractivity contribution < 1.29 is 18.7 Å². The zero-order valence-electron chi connectivity index (χ0n) is 23.0. The van der Waals surface area contributed by atoms with Crippen molar-refractivity contribution >= 4 is 16.9 Å². The van der Waals surface area contributed by atoms with Crippen LogP contribution in [-0.4, -0.2) is 30.6 Å². The molecule has 1 atom stereocenters. The van der Waals surface area contributed by atoms with Crippen molar-refractivity contribution in [2.24, 2.45) is 5.92 Å². The molecule has 2 heterocycles. The first-order chi connectivity index (χ1) is 17.8. The molecule has 198 valence electrons. The van der Waals surface area contributed by atoms with Crippen LogP contribution in [0.3, 0.4) is 0 Å². The number of carbonyl (C=O) groups excluding carboxylic acids is 1. The fraction of sp³-hybridized carbons (Fsp3) is 0.484. The van der Waals surface area contributed by atoms with Crippen molar-refractivity contribution in [2.75, 3.05) is 19.8 Å². The molecule has 0 fully saturated rings. The highest BCUT2D eigenvalue weighted by Gasteiger charge is 2.42. The summed E-state index contributed by atoms with van der Waals surface area (Å²) in [6.07, 6.45) is 3.83. The molecule has 0 saturated heterocycles. The number of ether oxygens (including phenoxy) is 2. The van der Waals surface area contributed by atoms with Gasteiger partial charge < -0.3 is 18.8 Å². The van der Waals surface area contributed by atoms with Crippen LogP contribution < -0.4 is 14.9 Å². The molecule has 4 rings (SSSR count). The lowest BCUT2D eigenvalue weighted by Gasteiger charge is -2.26. The predicted molar refractivity (Wildman–Crippen MR) is 147 cm³/mol. The van der Waals surface area contributed by atoms with Gasteiger partial charge in [0, 0.05) is 6.54 Å². The third-order valence-electron chi connectivity index (χ3n) is 6.94. The Labute approximate surface area is 219 Å². The molecule has 37 heavy (non-hydrogen) atoms. The van der Waals surface area contributed by atoms with Crippen LogP contribution in [-0.2, 0) is 0 Å². The number of hydrogen-bond acceptors (Lipinski definition) is 5. The zero-order chi connectivity index (χ0) is 26.7. The van der Waals surface area contributed by atoms with Crippen LogP contribution in [0.15, 0.2) is 39.5 Å². The molecule has 6 nitrogen and oxygen atoms in total. The molecule has 1 amide bonds. The first-order valence-corrected chi connectivity index (χ1v) is 13.5. The molecule has 0 spiro atoms. The average Bonchev–Trinajstić information content (AvgIpc) is 3.13. The smallest absolute Gasteiger partial charge is 0.290 e. The Morgan fingerprint density at radius 3 is 2.49 bits per heavy atom. The Hall–Kier alpha value is -3.28. The van der Waals surface area contributed by atoms with E-state index >= 15 is 0 Å². The summed E-state index contributed by atoms with van der Waals surface area (Å²) in [4.78, 5) is 29.4. The summed E-state index contributed by atoms with van der Waals surface area (Å²) < 4.78 is 18.2. The van der Waals surface area contributed by atoms with E-state index < -0.39 is 6.04 Å². The summed E-state index contributed by atoms with van der Waals surface area (Å²) >= 11 is 0. The van der Waals surface area contributed by atoms with Gasteiger partial charge in [-0.05, 0) is 74.4 Å². The van der Waals surface area contributed by atoms with Crippen LogP contribution in [0.5, 0.6) is 11.5 Å². The highest BCUT2D eigenvalue weighted by atomic mass is 16.5. The number of benzene rings is 2. The monoisotopic (exact) mass is 505 g/mol. The van der Waals surface area contributed by atoms with Crippen molar-refractivity contribution in [3.63, 3.8) is 0 Å². The van der Waals surface area contributed by atoms with E-state index in [0.29, 0.717) is 53.7 Å². The van der Waals surface area contributed by atoms with Gasteiger partial charge in [0.2, 0.25) is 5.76 Å². The van der Waals surface area contributed by atoms with Crippen molar-refractivity contribution in [1.82, 2.24) is 4.90 Å². The Bertz CT molecular complexity index is 1340. The summed E-state index contributed by atoms with van der Waals surface area (Å²) in [7, 11) is 0. The molecule has 6 heteroatoms. The van der Waals surface area contributed by atoms with E-state index in [4.69, 9.17) is 13.9 Å². The van der Waals surface area contributed by atoms with Gasteiger partial charge in [-0.2, -0.15) is 0 Å². The number of rotatable bonds is 11. The second-order valence-electron chi connectivity index (χ2n) is 10.4. The third kappa shape index (κ3) is 5.39. The van der Waals surface area contributed by atoms with Gasteiger partial charge in [0.15, 0.2) is 16.9 Å². The molecule has 1 aliphatic heterocycles. The Morgan fingerprint density at radius 1 is 1.00 bits per heavy atom. The Kier molecular flexibility index (Phi) is 8.25. The molecule has 0 bridgehead atoms. The number of amides is 1. The molecular weight excluding hydrogens is 466 g/mol. The summed E-state index contributed by atoms with van der Waals surface area (Å²) in [5.41, 5.74) is 3.41. The van der Waals surface area contributed by atoms with Crippen LogP contribution >= 0.6 is 0 Å². The number of nitrogens with zero attached hydrogens (tertiary/aromatic N) is 1. The topological polar surface area (TPSA) is 69.0 Å². The summed E-state index contributed by atoms with van der Waals surface area (Å²) in [5.74, 6) is 1.75. The van der Waals surface area contributed by atoms with Crippen molar-refractivity contribution in [3.05, 3.63) is 68.6 Å². The van der Waals surface area contributed by atoms with E-state index in [1.54, 1.807) is 4.90 Å². The van der Waals surface area contributed by atoms with Crippen molar-refractivity contribution in [3.8, 4) is 11.5 Å². The molecule has 1 aromatic heterocycles. The SMILES string of the molecule is CCCCCN1C(=O)c2oc3c(C)cc(C)cc3c(=O)c2C1c1ccc(OCCC(C)C)c(OCC)c1. The van der Waals surface area contributed by atoms with Crippen LogP contribution in [0.1, 0.15) is 92.2 Å². The zero-order valence-corrected chi connectivity index (χ0v) is 23.0. The van der Waals surface area contributed by atoms with Gasteiger partial charge in [-0.15, -0.1) is 0 Å². The van der Waals surface area contributed by atoms with E-state index in [2.05, 4.69) is 20.8 Å². The lowest BCUT2D eigenvalue weighted by atomic mass is 9.97. The highest BCUT2D eigenvalue weighted by Crippen LogP contribution is 2.41. The van der Waals surface area contributed by atoms with E-state index in [0.717, 1.165) is 42.4 Å². The molecule has 1 aliphatic rings. The summed E-state index contributed by atoms with van der Waals surface area (Å²) in [6.45, 7) is 13.9. The second kappa shape index (κ2) is 11.4. The molecule has 0 aliphatic carbocycles. The maximum Gasteiger partial charge on any atom is 0.290 e. The van der Waals surface area contributed by atoms with Gasteiger partial charge in [0.05, 0.1) is 30.2 Å². The van der Waals surface area contributed by atoms with Gasteiger partial charge >= 0.3 is 0 Å². The normalized spacial score (nSPS) is 15.1. The largest absolute Gasteiger partial charge is 0.490 e. The fourth-order valence-corrected chi connectivity index (χ4v) is 5.07. The third-order valence-corrected chi connectivity index (χ3v) is 6.94. The maximum absolute atomic E-state index is 13.9. The van der Waals surface area contributed by atoms with Gasteiger partial charge in [-0.25, -0.2) is 0 Å². The first-order valence-electron chi connectivity index (χ1n) is 13.5. The van der Waals surface area contributed by atoms with Crippen molar-refractivity contribution in [2.45, 2.75) is 73.3 Å². The average molecular weight is 506 g/mol. The van der Waals surface area contributed by atoms with Gasteiger partial charge in [0.1, 0.15) is 5.58 Å². The van der Waals surface area contributed by atoms with E-state index in [1.165, 1.54) is 0 Å². The minimum Gasteiger partial charge on any atom is -0.490 e. The summed E-state index contributed by atoms with van der Waals surface area (Å²) in [6, 6.07) is 9.04. The molecule has 1 unspecified atom stereocenters. The standard InChI is InChI=1S/C31H39NO5/c1-7-9-10-14-32-27(22-11-12-24(25(18-22)35-8-2)36-15-13-19(3)4)26-28(33)23-17-20(5)16-21(6)29(23)37-30(26)31(32)34/h11-12,16-19,27H,7-10,13-15H2,1-6H3.